The quantitative estimate of drug-likeness (QED) is 0.729. The van der Waals surface area contributed by atoms with Gasteiger partial charge in [0.2, 0.25) is 0 Å². The highest BCUT2D eigenvalue weighted by atomic mass is 32.2. The van der Waals surface area contributed by atoms with Crippen molar-refractivity contribution in [3.8, 4) is 0 Å². The van der Waals surface area contributed by atoms with Gasteiger partial charge >= 0.3 is 6.03 Å². The highest BCUT2D eigenvalue weighted by molar-refractivity contribution is 7.84. The minimum atomic E-state index is -0.982. The third-order valence-corrected chi connectivity index (χ3v) is 3.49. The van der Waals surface area contributed by atoms with Crippen LogP contribution in [0.2, 0.25) is 0 Å². The van der Waals surface area contributed by atoms with E-state index in [2.05, 4.69) is 10.6 Å². The van der Waals surface area contributed by atoms with Gasteiger partial charge in [0.25, 0.3) is 0 Å². The first-order chi connectivity index (χ1) is 8.99. The highest BCUT2D eigenvalue weighted by Gasteiger charge is 2.02. The molecular weight excluding hydrogens is 264 g/mol. The van der Waals surface area contributed by atoms with Crippen LogP contribution >= 0.6 is 0 Å². The summed E-state index contributed by atoms with van der Waals surface area (Å²) in [6, 6.07) is 7.00. The van der Waals surface area contributed by atoms with Crippen LogP contribution in [0.15, 0.2) is 29.2 Å². The highest BCUT2D eigenvalue weighted by Crippen LogP contribution is 2.07. The molecule has 106 valence electrons. The summed E-state index contributed by atoms with van der Waals surface area (Å²) in [4.78, 5) is 12.2. The lowest BCUT2D eigenvalue weighted by Gasteiger charge is -2.09. The van der Waals surface area contributed by atoms with Crippen molar-refractivity contribution >= 4 is 16.8 Å². The standard InChI is InChI=1S/C13H20N2O3S/c1-10(16)7-8-14-13(17)15-9-11-3-5-12(6-4-11)19(2)18/h3-6,10,16H,7-9H2,1-2H3,(H2,14,15,17). The molecule has 1 rings (SSSR count). The molecule has 3 N–H and O–H groups in total. The van der Waals surface area contributed by atoms with Gasteiger partial charge in [-0.3, -0.25) is 4.21 Å². The van der Waals surface area contributed by atoms with Gasteiger partial charge in [-0.2, -0.15) is 0 Å². The Morgan fingerprint density at radius 2 is 1.95 bits per heavy atom. The second-order valence-electron chi connectivity index (χ2n) is 4.35. The minimum absolute atomic E-state index is 0.260. The summed E-state index contributed by atoms with van der Waals surface area (Å²) in [7, 11) is -0.982. The summed E-state index contributed by atoms with van der Waals surface area (Å²) >= 11 is 0. The molecule has 0 radical (unpaired) electrons. The molecule has 0 bridgehead atoms. The van der Waals surface area contributed by atoms with Crippen molar-refractivity contribution in [2.24, 2.45) is 0 Å². The number of rotatable bonds is 6. The van der Waals surface area contributed by atoms with E-state index >= 15 is 0 Å². The predicted octanol–water partition coefficient (Wildman–Crippen LogP) is 0.994. The Hall–Kier alpha value is -1.40. The Balaban J connectivity index is 2.32. The number of hydrogen-bond donors (Lipinski definition) is 3. The van der Waals surface area contributed by atoms with Gasteiger partial charge in [-0.15, -0.1) is 0 Å². The van der Waals surface area contributed by atoms with Crippen molar-refractivity contribution in [1.82, 2.24) is 10.6 Å². The van der Waals surface area contributed by atoms with E-state index in [1.807, 2.05) is 12.1 Å². The molecular formula is C13H20N2O3S. The van der Waals surface area contributed by atoms with Gasteiger partial charge in [0, 0.05) is 35.0 Å². The van der Waals surface area contributed by atoms with Crippen LogP contribution in [0.4, 0.5) is 4.79 Å². The number of aliphatic hydroxyl groups excluding tert-OH is 1. The van der Waals surface area contributed by atoms with E-state index in [0.717, 1.165) is 10.5 Å². The number of carbonyl (C=O) groups is 1. The molecule has 2 unspecified atom stereocenters. The molecule has 0 saturated carbocycles. The summed E-state index contributed by atoms with van der Waals surface area (Å²) in [5.41, 5.74) is 0.944. The summed E-state index contributed by atoms with van der Waals surface area (Å²) in [5.74, 6) is 0. The number of amides is 2. The average Bonchev–Trinajstić information content (AvgIpc) is 2.36. The Morgan fingerprint density at radius 3 is 2.47 bits per heavy atom. The van der Waals surface area contributed by atoms with Crippen LogP contribution in [0, 0.1) is 0 Å². The van der Waals surface area contributed by atoms with Crippen LogP contribution in [0.1, 0.15) is 18.9 Å². The third kappa shape index (κ3) is 6.35. The van der Waals surface area contributed by atoms with Crippen molar-refractivity contribution in [3.05, 3.63) is 29.8 Å². The molecule has 1 aromatic carbocycles. The number of aliphatic hydroxyl groups is 1. The fourth-order valence-electron chi connectivity index (χ4n) is 1.44. The van der Waals surface area contributed by atoms with Gasteiger partial charge in [-0.1, -0.05) is 12.1 Å². The number of benzene rings is 1. The SMILES string of the molecule is CC(O)CCNC(=O)NCc1ccc(S(C)=O)cc1. The van der Waals surface area contributed by atoms with E-state index in [9.17, 15) is 9.00 Å². The Kier molecular flexibility index (Phi) is 6.52. The number of carbonyl (C=O) groups excluding carboxylic acids is 1. The zero-order valence-corrected chi connectivity index (χ0v) is 12.0. The topological polar surface area (TPSA) is 78.4 Å². The second-order valence-corrected chi connectivity index (χ2v) is 5.72. The first kappa shape index (κ1) is 15.7. The summed E-state index contributed by atoms with van der Waals surface area (Å²) in [6.07, 6.45) is 1.75. The van der Waals surface area contributed by atoms with E-state index in [0.29, 0.717) is 19.5 Å². The fraction of sp³-hybridized carbons (Fsp3) is 0.462. The van der Waals surface area contributed by atoms with Crippen LogP contribution in [-0.2, 0) is 17.3 Å². The number of hydrogen-bond acceptors (Lipinski definition) is 3. The van der Waals surface area contributed by atoms with Crippen LogP contribution in [0.25, 0.3) is 0 Å². The largest absolute Gasteiger partial charge is 0.393 e. The van der Waals surface area contributed by atoms with Gasteiger partial charge in [-0.25, -0.2) is 4.79 Å². The van der Waals surface area contributed by atoms with Crippen LogP contribution in [-0.4, -0.2) is 34.3 Å². The van der Waals surface area contributed by atoms with Crippen LogP contribution < -0.4 is 10.6 Å². The van der Waals surface area contributed by atoms with Crippen molar-refractivity contribution in [3.63, 3.8) is 0 Å². The normalized spacial score (nSPS) is 13.6. The molecule has 0 heterocycles. The van der Waals surface area contributed by atoms with E-state index in [4.69, 9.17) is 5.11 Å². The molecule has 1 aromatic rings. The van der Waals surface area contributed by atoms with E-state index in [1.165, 1.54) is 0 Å². The molecule has 0 fully saturated rings. The molecule has 0 aliphatic rings. The molecule has 2 atom stereocenters. The van der Waals surface area contributed by atoms with Gasteiger partial charge in [0.1, 0.15) is 0 Å². The summed E-state index contributed by atoms with van der Waals surface area (Å²) in [5, 5.41) is 14.4. The van der Waals surface area contributed by atoms with Gasteiger partial charge in [-0.05, 0) is 31.0 Å². The lowest BCUT2D eigenvalue weighted by molar-refractivity contribution is 0.183. The lowest BCUT2D eigenvalue weighted by atomic mass is 10.2. The monoisotopic (exact) mass is 284 g/mol. The molecule has 6 heteroatoms. The summed E-state index contributed by atoms with van der Waals surface area (Å²) < 4.78 is 11.2. The first-order valence-electron chi connectivity index (χ1n) is 6.11. The van der Waals surface area contributed by atoms with E-state index in [-0.39, 0.29) is 6.03 Å². The molecule has 0 aliphatic carbocycles. The Bertz CT molecular complexity index is 432. The van der Waals surface area contributed by atoms with Crippen molar-refractivity contribution in [1.29, 1.82) is 0 Å². The minimum Gasteiger partial charge on any atom is -0.393 e. The molecule has 2 amide bonds. The molecule has 5 nitrogen and oxygen atoms in total. The zero-order valence-electron chi connectivity index (χ0n) is 11.2. The lowest BCUT2D eigenvalue weighted by Crippen LogP contribution is -2.36. The van der Waals surface area contributed by atoms with Crippen LogP contribution in [0.3, 0.4) is 0 Å². The van der Waals surface area contributed by atoms with Gasteiger partial charge < -0.3 is 15.7 Å². The Morgan fingerprint density at radius 1 is 1.32 bits per heavy atom. The maximum atomic E-state index is 11.4. The van der Waals surface area contributed by atoms with Gasteiger partial charge in [0.05, 0.1) is 6.10 Å². The third-order valence-electron chi connectivity index (χ3n) is 2.56. The Labute approximate surface area is 115 Å². The number of nitrogens with one attached hydrogen (secondary N) is 2. The van der Waals surface area contributed by atoms with Gasteiger partial charge in [0.15, 0.2) is 0 Å². The maximum absolute atomic E-state index is 11.4. The van der Waals surface area contributed by atoms with E-state index < -0.39 is 16.9 Å². The molecule has 0 aromatic heterocycles. The van der Waals surface area contributed by atoms with Crippen molar-refractivity contribution in [2.45, 2.75) is 30.9 Å². The van der Waals surface area contributed by atoms with E-state index in [1.54, 1.807) is 25.3 Å². The fourth-order valence-corrected chi connectivity index (χ4v) is 1.96. The van der Waals surface area contributed by atoms with Crippen molar-refractivity contribution in [2.75, 3.05) is 12.8 Å². The average molecular weight is 284 g/mol. The number of urea groups is 1. The van der Waals surface area contributed by atoms with Crippen LogP contribution in [0.5, 0.6) is 0 Å². The molecule has 19 heavy (non-hydrogen) atoms. The molecule has 0 saturated heterocycles. The molecule has 0 spiro atoms. The molecule has 0 aliphatic heterocycles. The zero-order chi connectivity index (χ0) is 14.3. The predicted molar refractivity (Wildman–Crippen MR) is 75.3 cm³/mol. The maximum Gasteiger partial charge on any atom is 0.315 e. The van der Waals surface area contributed by atoms with Crippen molar-refractivity contribution < 1.29 is 14.1 Å². The first-order valence-corrected chi connectivity index (χ1v) is 7.67. The smallest absolute Gasteiger partial charge is 0.315 e. The second kappa shape index (κ2) is 7.91. The summed E-state index contributed by atoms with van der Waals surface area (Å²) in [6.45, 7) is 2.53.